The van der Waals surface area contributed by atoms with Crippen LogP contribution >= 0.6 is 0 Å². The normalized spacial score (nSPS) is 15.3. The van der Waals surface area contributed by atoms with Crippen LogP contribution in [0.1, 0.15) is 43.7 Å². The summed E-state index contributed by atoms with van der Waals surface area (Å²) in [6.45, 7) is 0. The highest BCUT2D eigenvalue weighted by Crippen LogP contribution is 2.32. The van der Waals surface area contributed by atoms with Gasteiger partial charge in [-0.05, 0) is 25.0 Å². The van der Waals surface area contributed by atoms with Gasteiger partial charge in [0.1, 0.15) is 5.69 Å². The number of benzene rings is 1. The highest BCUT2D eigenvalue weighted by molar-refractivity contribution is 5.83. The zero-order valence-electron chi connectivity index (χ0n) is 15.4. The van der Waals surface area contributed by atoms with Gasteiger partial charge in [0.2, 0.25) is 0 Å². The van der Waals surface area contributed by atoms with Crippen LogP contribution < -0.4 is 11.1 Å². The molecular formula is C19H19N5O5. The minimum atomic E-state index is -0.785. The van der Waals surface area contributed by atoms with E-state index in [4.69, 9.17) is 5.21 Å². The molecule has 2 heterocycles. The molecule has 2 N–H and O–H groups in total. The molecule has 0 atom stereocenters. The van der Waals surface area contributed by atoms with Gasteiger partial charge < -0.3 is 14.8 Å². The largest absolute Gasteiger partial charge is 0.411 e. The number of fused-ring (bicyclic) bond motifs is 1. The number of nitro benzene ring substituents is 1. The van der Waals surface area contributed by atoms with Gasteiger partial charge in [-0.15, -0.1) is 0 Å². The molecule has 3 aromatic rings. The molecule has 1 aliphatic rings. The summed E-state index contributed by atoms with van der Waals surface area (Å²) < 4.78 is 3.01. The highest BCUT2D eigenvalue weighted by Gasteiger charge is 2.24. The van der Waals surface area contributed by atoms with Gasteiger partial charge in [-0.2, -0.15) is 0 Å². The van der Waals surface area contributed by atoms with Gasteiger partial charge in [-0.1, -0.05) is 24.4 Å². The van der Waals surface area contributed by atoms with E-state index in [-0.39, 0.29) is 22.9 Å². The fourth-order valence-electron chi connectivity index (χ4n) is 4.02. The van der Waals surface area contributed by atoms with Crippen LogP contribution in [0.25, 0.3) is 16.7 Å². The average molecular weight is 397 g/mol. The maximum Gasteiger partial charge on any atom is 0.316 e. The number of nitro groups is 1. The molecular weight excluding hydrogens is 378 g/mol. The first-order valence-electron chi connectivity index (χ1n) is 9.32. The fourth-order valence-corrected chi connectivity index (χ4v) is 4.02. The Morgan fingerprint density at radius 1 is 1.24 bits per heavy atom. The summed E-state index contributed by atoms with van der Waals surface area (Å²) in [5.74, 6) is 0. The molecule has 1 aliphatic carbocycles. The Balaban J connectivity index is 2.01. The van der Waals surface area contributed by atoms with Crippen molar-refractivity contribution in [1.29, 1.82) is 0 Å². The minimum Gasteiger partial charge on any atom is -0.411 e. The molecule has 10 nitrogen and oxygen atoms in total. The van der Waals surface area contributed by atoms with Gasteiger partial charge in [0.05, 0.1) is 22.2 Å². The molecule has 0 amide bonds. The van der Waals surface area contributed by atoms with E-state index in [0.29, 0.717) is 11.1 Å². The Hall–Kier alpha value is -3.69. The van der Waals surface area contributed by atoms with Crippen LogP contribution in [0.2, 0.25) is 0 Å². The van der Waals surface area contributed by atoms with Crippen LogP contribution in [0.3, 0.4) is 0 Å². The maximum absolute atomic E-state index is 12.7. The van der Waals surface area contributed by atoms with E-state index in [1.807, 2.05) is 0 Å². The maximum atomic E-state index is 12.7. The van der Waals surface area contributed by atoms with Crippen molar-refractivity contribution in [2.45, 2.75) is 38.1 Å². The van der Waals surface area contributed by atoms with Crippen molar-refractivity contribution in [3.63, 3.8) is 0 Å². The lowest BCUT2D eigenvalue weighted by Gasteiger charge is -2.25. The second kappa shape index (κ2) is 7.38. The Bertz CT molecular complexity index is 1230. The third kappa shape index (κ3) is 3.33. The average Bonchev–Trinajstić information content (AvgIpc) is 3.17. The second-order valence-corrected chi connectivity index (χ2v) is 7.13. The van der Waals surface area contributed by atoms with Crippen LogP contribution in [0.5, 0.6) is 0 Å². The topological polar surface area (TPSA) is 136 Å². The summed E-state index contributed by atoms with van der Waals surface area (Å²) in [4.78, 5) is 38.5. The third-order valence-electron chi connectivity index (χ3n) is 5.35. The van der Waals surface area contributed by atoms with E-state index in [2.05, 4.69) is 10.1 Å². The van der Waals surface area contributed by atoms with Gasteiger partial charge in [0.25, 0.3) is 5.69 Å². The molecule has 0 spiro atoms. The molecule has 0 bridgehead atoms. The summed E-state index contributed by atoms with van der Waals surface area (Å²) in [7, 11) is 0. The van der Waals surface area contributed by atoms with Crippen LogP contribution in [-0.4, -0.2) is 30.5 Å². The van der Waals surface area contributed by atoms with Crippen molar-refractivity contribution in [2.75, 3.05) is 0 Å². The molecule has 150 valence electrons. The quantitative estimate of drug-likeness (QED) is 0.229. The number of nitrogens with one attached hydrogen (secondary N) is 1. The first-order chi connectivity index (χ1) is 14.0. The molecule has 0 radical (unpaired) electrons. The zero-order chi connectivity index (χ0) is 20.5. The number of aromatic amines is 1. The molecule has 10 heteroatoms. The Morgan fingerprint density at radius 2 is 2.00 bits per heavy atom. The SMILES string of the molecule is O=c1[nH]c2cc([N+](=O)[O-])c(-n3ccc(C=NO)c3)cc2n(C2CCCCC2)c1=O. The standard InChI is InChI=1S/C19H19N5O5/c25-18-19(26)23(13-4-2-1-3-5-13)15-9-16(17(24(28)29)8-14(15)21-18)22-7-6-12(11-22)10-20-27/h6-11,13,27H,1-5H2,(H,21,25). The van der Waals surface area contributed by atoms with Gasteiger partial charge in [0.15, 0.2) is 0 Å². The van der Waals surface area contributed by atoms with Gasteiger partial charge in [0, 0.05) is 30.1 Å². The van der Waals surface area contributed by atoms with Crippen LogP contribution in [0, 0.1) is 10.1 Å². The summed E-state index contributed by atoms with van der Waals surface area (Å²) >= 11 is 0. The van der Waals surface area contributed by atoms with E-state index in [1.165, 1.54) is 21.4 Å². The molecule has 1 fully saturated rings. The van der Waals surface area contributed by atoms with Gasteiger partial charge in [-0.25, -0.2) is 0 Å². The number of aromatic nitrogens is 3. The predicted octanol–water partition coefficient (Wildman–Crippen LogP) is 2.70. The monoisotopic (exact) mass is 397 g/mol. The second-order valence-electron chi connectivity index (χ2n) is 7.13. The molecule has 1 saturated carbocycles. The van der Waals surface area contributed by atoms with Gasteiger partial charge in [-0.3, -0.25) is 24.3 Å². The number of hydrogen-bond donors (Lipinski definition) is 2. The highest BCUT2D eigenvalue weighted by atomic mass is 16.6. The molecule has 0 unspecified atom stereocenters. The smallest absolute Gasteiger partial charge is 0.316 e. The molecule has 1 aromatic carbocycles. The van der Waals surface area contributed by atoms with Crippen LogP contribution in [0.4, 0.5) is 5.69 Å². The predicted molar refractivity (Wildman–Crippen MR) is 106 cm³/mol. The lowest BCUT2D eigenvalue weighted by atomic mass is 9.95. The van der Waals surface area contributed by atoms with Crippen LogP contribution in [0.15, 0.2) is 45.3 Å². The summed E-state index contributed by atoms with van der Waals surface area (Å²) in [6.07, 6.45) is 8.96. The van der Waals surface area contributed by atoms with Crippen molar-refractivity contribution < 1.29 is 10.1 Å². The first kappa shape index (κ1) is 18.7. The third-order valence-corrected chi connectivity index (χ3v) is 5.35. The number of oxime groups is 1. The Morgan fingerprint density at radius 3 is 2.69 bits per heavy atom. The van der Waals surface area contributed by atoms with E-state index in [9.17, 15) is 19.7 Å². The Kier molecular flexibility index (Phi) is 4.75. The molecule has 0 aliphatic heterocycles. The number of nitrogens with zero attached hydrogens (tertiary/aromatic N) is 4. The molecule has 4 rings (SSSR count). The zero-order valence-corrected chi connectivity index (χ0v) is 15.4. The summed E-state index contributed by atoms with van der Waals surface area (Å²) in [5.41, 5.74) is -0.153. The van der Waals surface area contributed by atoms with E-state index >= 15 is 0 Å². The van der Waals surface area contributed by atoms with Crippen molar-refractivity contribution in [3.8, 4) is 5.69 Å². The Labute approximate surface area is 163 Å². The summed E-state index contributed by atoms with van der Waals surface area (Å²) in [5, 5.41) is 23.3. The van der Waals surface area contributed by atoms with Crippen molar-refractivity contribution in [1.82, 2.24) is 14.1 Å². The van der Waals surface area contributed by atoms with Crippen molar-refractivity contribution >= 4 is 22.9 Å². The molecule has 29 heavy (non-hydrogen) atoms. The lowest BCUT2D eigenvalue weighted by Crippen LogP contribution is -2.39. The van der Waals surface area contributed by atoms with E-state index in [1.54, 1.807) is 24.5 Å². The fraction of sp³-hybridized carbons (Fsp3) is 0.316. The molecule has 2 aromatic heterocycles. The van der Waals surface area contributed by atoms with Gasteiger partial charge >= 0.3 is 11.1 Å². The number of rotatable bonds is 4. The molecule has 0 saturated heterocycles. The number of H-pyrrole nitrogens is 1. The van der Waals surface area contributed by atoms with Crippen LogP contribution in [-0.2, 0) is 0 Å². The van der Waals surface area contributed by atoms with Crippen molar-refractivity contribution in [3.05, 3.63) is 67.0 Å². The summed E-state index contributed by atoms with van der Waals surface area (Å²) in [6, 6.07) is 4.36. The number of hydrogen-bond acceptors (Lipinski definition) is 6. The van der Waals surface area contributed by atoms with E-state index < -0.39 is 16.0 Å². The first-order valence-corrected chi connectivity index (χ1v) is 9.32. The van der Waals surface area contributed by atoms with Crippen molar-refractivity contribution in [2.24, 2.45) is 5.16 Å². The lowest BCUT2D eigenvalue weighted by molar-refractivity contribution is -0.384. The van der Waals surface area contributed by atoms with E-state index in [0.717, 1.165) is 32.1 Å². The minimum absolute atomic E-state index is 0.114.